The monoisotopic (exact) mass is 249 g/mol. The van der Waals surface area contributed by atoms with Crippen molar-refractivity contribution in [3.8, 4) is 5.88 Å². The average molecular weight is 249 g/mol. The van der Waals surface area contributed by atoms with Gasteiger partial charge in [0.05, 0.1) is 19.3 Å². The second-order valence-corrected chi connectivity index (χ2v) is 4.68. The van der Waals surface area contributed by atoms with Gasteiger partial charge in [-0.2, -0.15) is 4.98 Å². The fraction of sp³-hybridized carbons (Fsp3) is 0.250. The minimum Gasteiger partial charge on any atom is -0.479 e. The molecule has 17 heavy (non-hydrogen) atoms. The van der Waals surface area contributed by atoms with Gasteiger partial charge in [0, 0.05) is 4.88 Å². The summed E-state index contributed by atoms with van der Waals surface area (Å²) in [5, 5.41) is 5.34. The first-order chi connectivity index (χ1) is 8.20. The van der Waals surface area contributed by atoms with Gasteiger partial charge in [0.2, 0.25) is 5.88 Å². The predicted octanol–water partition coefficient (Wildman–Crippen LogP) is 2.65. The fourth-order valence-corrected chi connectivity index (χ4v) is 2.32. The second kappa shape index (κ2) is 5.05. The van der Waals surface area contributed by atoms with Gasteiger partial charge >= 0.3 is 0 Å². The highest BCUT2D eigenvalue weighted by Crippen LogP contribution is 2.21. The summed E-state index contributed by atoms with van der Waals surface area (Å²) in [6.45, 7) is 2.87. The molecule has 90 valence electrons. The lowest BCUT2D eigenvalue weighted by molar-refractivity contribution is 0.401. The van der Waals surface area contributed by atoms with Gasteiger partial charge in [-0.1, -0.05) is 0 Å². The number of methoxy groups -OCH3 is 1. The summed E-state index contributed by atoms with van der Waals surface area (Å²) >= 11 is 1.74. The van der Waals surface area contributed by atoms with Gasteiger partial charge in [-0.05, 0) is 36.1 Å². The summed E-state index contributed by atoms with van der Waals surface area (Å²) in [6, 6.07) is 5.74. The molecule has 2 rings (SSSR count). The second-order valence-electron chi connectivity index (χ2n) is 3.68. The Balaban J connectivity index is 2.07. The SMILES string of the molecule is COc1nc(NCc2sccc2C)ccc1N. The number of hydrogen-bond donors (Lipinski definition) is 2. The summed E-state index contributed by atoms with van der Waals surface area (Å²) in [5.41, 5.74) is 7.54. The van der Waals surface area contributed by atoms with Crippen LogP contribution in [0, 0.1) is 6.92 Å². The number of hydrogen-bond acceptors (Lipinski definition) is 5. The van der Waals surface area contributed by atoms with Crippen molar-refractivity contribution in [2.24, 2.45) is 0 Å². The van der Waals surface area contributed by atoms with E-state index in [1.165, 1.54) is 10.4 Å². The molecule has 2 heterocycles. The number of thiophene rings is 1. The molecule has 0 saturated carbocycles. The highest BCUT2D eigenvalue weighted by Gasteiger charge is 2.04. The van der Waals surface area contributed by atoms with Crippen molar-refractivity contribution in [3.63, 3.8) is 0 Å². The van der Waals surface area contributed by atoms with E-state index in [2.05, 4.69) is 28.7 Å². The number of anilines is 2. The number of nitrogens with two attached hydrogens (primary N) is 1. The maximum atomic E-state index is 5.70. The molecule has 0 aliphatic rings. The quantitative estimate of drug-likeness (QED) is 0.874. The summed E-state index contributed by atoms with van der Waals surface area (Å²) in [7, 11) is 1.56. The minimum absolute atomic E-state index is 0.456. The molecule has 3 N–H and O–H groups in total. The number of aryl methyl sites for hydroxylation is 1. The van der Waals surface area contributed by atoms with Crippen molar-refractivity contribution in [1.82, 2.24) is 4.98 Å². The molecule has 4 nitrogen and oxygen atoms in total. The van der Waals surface area contributed by atoms with Gasteiger partial charge in [0.1, 0.15) is 5.82 Å². The molecule has 0 unspecified atom stereocenters. The van der Waals surface area contributed by atoms with Crippen LogP contribution in [0.2, 0.25) is 0 Å². The highest BCUT2D eigenvalue weighted by atomic mass is 32.1. The number of nitrogen functional groups attached to an aromatic ring is 1. The molecular weight excluding hydrogens is 234 g/mol. The molecule has 0 amide bonds. The summed E-state index contributed by atoms with van der Waals surface area (Å²) in [4.78, 5) is 5.57. The zero-order valence-electron chi connectivity index (χ0n) is 9.86. The van der Waals surface area contributed by atoms with Gasteiger partial charge in [0.25, 0.3) is 0 Å². The van der Waals surface area contributed by atoms with Gasteiger partial charge < -0.3 is 15.8 Å². The zero-order valence-corrected chi connectivity index (χ0v) is 10.7. The third kappa shape index (κ3) is 2.68. The predicted molar refractivity (Wildman–Crippen MR) is 71.6 cm³/mol. The Bertz CT molecular complexity index is 510. The van der Waals surface area contributed by atoms with Gasteiger partial charge in [0.15, 0.2) is 0 Å². The molecule has 2 aromatic rings. The molecule has 0 fully saturated rings. The first kappa shape index (κ1) is 11.7. The van der Waals surface area contributed by atoms with Crippen LogP contribution in [-0.2, 0) is 6.54 Å². The van der Waals surface area contributed by atoms with Gasteiger partial charge in [-0.15, -0.1) is 11.3 Å². The van der Waals surface area contributed by atoms with E-state index in [4.69, 9.17) is 10.5 Å². The smallest absolute Gasteiger partial charge is 0.238 e. The lowest BCUT2D eigenvalue weighted by atomic mass is 10.3. The standard InChI is InChI=1S/C12H15N3OS/c1-8-5-6-17-10(8)7-14-11-4-3-9(13)12(15-11)16-2/h3-6H,7,13H2,1-2H3,(H,14,15). The molecule has 0 radical (unpaired) electrons. The van der Waals surface area contributed by atoms with E-state index in [9.17, 15) is 0 Å². The summed E-state index contributed by atoms with van der Waals surface area (Å²) in [6.07, 6.45) is 0. The molecule has 0 atom stereocenters. The number of aromatic nitrogens is 1. The van der Waals surface area contributed by atoms with E-state index in [0.717, 1.165) is 12.4 Å². The lowest BCUT2D eigenvalue weighted by Crippen LogP contribution is -2.03. The van der Waals surface area contributed by atoms with Crippen LogP contribution in [0.25, 0.3) is 0 Å². The third-order valence-electron chi connectivity index (χ3n) is 2.48. The lowest BCUT2D eigenvalue weighted by Gasteiger charge is -2.08. The maximum Gasteiger partial charge on any atom is 0.238 e. The molecule has 0 bridgehead atoms. The molecule has 0 saturated heterocycles. The Morgan fingerprint density at radius 3 is 2.88 bits per heavy atom. The van der Waals surface area contributed by atoms with Crippen LogP contribution in [0.15, 0.2) is 23.6 Å². The van der Waals surface area contributed by atoms with E-state index < -0.39 is 0 Å². The van der Waals surface area contributed by atoms with Crippen molar-refractivity contribution in [2.75, 3.05) is 18.2 Å². The topological polar surface area (TPSA) is 60.2 Å². The van der Waals surface area contributed by atoms with Crippen LogP contribution in [0.5, 0.6) is 5.88 Å². The molecule has 0 spiro atoms. The van der Waals surface area contributed by atoms with Crippen molar-refractivity contribution in [1.29, 1.82) is 0 Å². The van der Waals surface area contributed by atoms with E-state index in [1.54, 1.807) is 24.5 Å². The van der Waals surface area contributed by atoms with Gasteiger partial charge in [-0.3, -0.25) is 0 Å². The molecule has 0 aliphatic carbocycles. The molecule has 0 aliphatic heterocycles. The third-order valence-corrected chi connectivity index (χ3v) is 3.50. The minimum atomic E-state index is 0.456. The van der Waals surface area contributed by atoms with Crippen LogP contribution in [0.3, 0.4) is 0 Å². The molecule has 5 heteroatoms. The van der Waals surface area contributed by atoms with Crippen LogP contribution in [0.1, 0.15) is 10.4 Å². The van der Waals surface area contributed by atoms with Crippen molar-refractivity contribution >= 4 is 22.8 Å². The first-order valence-corrected chi connectivity index (χ1v) is 6.16. The number of nitrogens with zero attached hydrogens (tertiary/aromatic N) is 1. The van der Waals surface area contributed by atoms with Crippen LogP contribution in [-0.4, -0.2) is 12.1 Å². The Morgan fingerprint density at radius 1 is 1.41 bits per heavy atom. The largest absolute Gasteiger partial charge is 0.479 e. The summed E-state index contributed by atoms with van der Waals surface area (Å²) in [5.74, 6) is 1.22. The van der Waals surface area contributed by atoms with Crippen molar-refractivity contribution in [3.05, 3.63) is 34.0 Å². The Morgan fingerprint density at radius 2 is 2.24 bits per heavy atom. The number of rotatable bonds is 4. The Labute approximate surface area is 104 Å². The Hall–Kier alpha value is -1.75. The molecule has 0 aromatic carbocycles. The van der Waals surface area contributed by atoms with Crippen LogP contribution in [0.4, 0.5) is 11.5 Å². The molecule has 2 aromatic heterocycles. The van der Waals surface area contributed by atoms with Crippen LogP contribution >= 0.6 is 11.3 Å². The van der Waals surface area contributed by atoms with Crippen molar-refractivity contribution < 1.29 is 4.74 Å². The summed E-state index contributed by atoms with van der Waals surface area (Å²) < 4.78 is 5.07. The first-order valence-electron chi connectivity index (χ1n) is 5.28. The fourth-order valence-electron chi connectivity index (χ4n) is 1.47. The van der Waals surface area contributed by atoms with E-state index in [1.807, 2.05) is 6.07 Å². The number of ether oxygens (including phenoxy) is 1. The maximum absolute atomic E-state index is 5.70. The normalized spacial score (nSPS) is 10.2. The average Bonchev–Trinajstić information content (AvgIpc) is 2.74. The van der Waals surface area contributed by atoms with E-state index in [0.29, 0.717) is 11.6 Å². The zero-order chi connectivity index (χ0) is 12.3. The molecular formula is C12H15N3OS. The highest BCUT2D eigenvalue weighted by molar-refractivity contribution is 7.10. The number of nitrogens with one attached hydrogen (secondary N) is 1. The number of pyridine rings is 1. The van der Waals surface area contributed by atoms with Gasteiger partial charge in [-0.25, -0.2) is 0 Å². The Kier molecular flexibility index (Phi) is 3.49. The van der Waals surface area contributed by atoms with Crippen molar-refractivity contribution in [2.45, 2.75) is 13.5 Å². The van der Waals surface area contributed by atoms with Crippen LogP contribution < -0.4 is 15.8 Å². The van der Waals surface area contributed by atoms with E-state index >= 15 is 0 Å². The van der Waals surface area contributed by atoms with E-state index in [-0.39, 0.29) is 0 Å².